The van der Waals surface area contributed by atoms with Gasteiger partial charge in [-0.2, -0.15) is 0 Å². The number of nitrogens with zero attached hydrogens (tertiary/aromatic N) is 1. The Kier molecular flexibility index (Phi) is 4.79. The summed E-state index contributed by atoms with van der Waals surface area (Å²) >= 11 is 0. The van der Waals surface area contributed by atoms with Gasteiger partial charge in [-0.1, -0.05) is 17.7 Å². The molecule has 0 fully saturated rings. The normalized spacial score (nSPS) is 10.9. The third-order valence-electron chi connectivity index (χ3n) is 4.62. The SMILES string of the molecule is Cc1ccc(OCCN(C)C(=O)c2ccc3[nH]c(C)c(C)c3c2)cc1. The molecule has 0 bridgehead atoms. The molecule has 0 aliphatic rings. The summed E-state index contributed by atoms with van der Waals surface area (Å²) in [6, 6.07) is 13.7. The van der Waals surface area contributed by atoms with Crippen molar-refractivity contribution in [3.05, 3.63) is 64.8 Å². The van der Waals surface area contributed by atoms with E-state index < -0.39 is 0 Å². The number of likely N-dealkylation sites (N-methyl/N-ethyl adjacent to an activating group) is 1. The Morgan fingerprint density at radius 1 is 1.08 bits per heavy atom. The molecule has 0 aliphatic heterocycles. The molecule has 0 saturated carbocycles. The molecule has 1 amide bonds. The van der Waals surface area contributed by atoms with Crippen LogP contribution in [0.5, 0.6) is 5.75 Å². The predicted molar refractivity (Wildman–Crippen MR) is 101 cm³/mol. The lowest BCUT2D eigenvalue weighted by Crippen LogP contribution is -2.30. The molecule has 0 saturated heterocycles. The molecule has 0 unspecified atom stereocenters. The number of amides is 1. The van der Waals surface area contributed by atoms with Crippen LogP contribution in [0.3, 0.4) is 0 Å². The zero-order valence-corrected chi connectivity index (χ0v) is 15.2. The molecular weight excluding hydrogens is 312 g/mol. The number of H-pyrrole nitrogens is 1. The standard InChI is InChI=1S/C21H24N2O2/c1-14-5-8-18(9-6-14)25-12-11-23(4)21(24)17-7-10-20-19(13-17)15(2)16(3)22-20/h5-10,13,22H,11-12H2,1-4H3. The van der Waals surface area contributed by atoms with Gasteiger partial charge in [0.1, 0.15) is 12.4 Å². The minimum Gasteiger partial charge on any atom is -0.492 e. The maximum absolute atomic E-state index is 12.7. The molecule has 1 N–H and O–H groups in total. The van der Waals surface area contributed by atoms with Crippen molar-refractivity contribution in [3.8, 4) is 5.75 Å². The van der Waals surface area contributed by atoms with Gasteiger partial charge in [-0.15, -0.1) is 0 Å². The van der Waals surface area contributed by atoms with Crippen molar-refractivity contribution in [2.45, 2.75) is 20.8 Å². The Morgan fingerprint density at radius 3 is 2.52 bits per heavy atom. The topological polar surface area (TPSA) is 45.3 Å². The first kappa shape index (κ1) is 17.1. The van der Waals surface area contributed by atoms with Gasteiger partial charge in [0.2, 0.25) is 0 Å². The quantitative estimate of drug-likeness (QED) is 0.757. The second-order valence-electron chi connectivity index (χ2n) is 6.52. The number of hydrogen-bond acceptors (Lipinski definition) is 2. The van der Waals surface area contributed by atoms with Gasteiger partial charge in [-0.25, -0.2) is 0 Å². The number of hydrogen-bond donors (Lipinski definition) is 1. The number of fused-ring (bicyclic) bond motifs is 1. The molecule has 4 heteroatoms. The monoisotopic (exact) mass is 336 g/mol. The van der Waals surface area contributed by atoms with Crippen molar-refractivity contribution in [1.29, 1.82) is 0 Å². The highest BCUT2D eigenvalue weighted by Crippen LogP contribution is 2.23. The minimum atomic E-state index is 0.00709. The minimum absolute atomic E-state index is 0.00709. The second kappa shape index (κ2) is 7.01. The first-order valence-corrected chi connectivity index (χ1v) is 8.49. The number of carbonyl (C=O) groups excluding carboxylic acids is 1. The number of aryl methyl sites for hydroxylation is 3. The Hall–Kier alpha value is -2.75. The zero-order chi connectivity index (χ0) is 18.0. The fourth-order valence-corrected chi connectivity index (χ4v) is 2.85. The van der Waals surface area contributed by atoms with E-state index in [1.807, 2.05) is 56.3 Å². The second-order valence-corrected chi connectivity index (χ2v) is 6.52. The summed E-state index contributed by atoms with van der Waals surface area (Å²) in [5, 5.41) is 1.10. The molecule has 1 aromatic heterocycles. The summed E-state index contributed by atoms with van der Waals surface area (Å²) in [7, 11) is 1.81. The van der Waals surface area contributed by atoms with Gasteiger partial charge < -0.3 is 14.6 Å². The van der Waals surface area contributed by atoms with E-state index in [0.717, 1.165) is 22.3 Å². The van der Waals surface area contributed by atoms with E-state index in [1.54, 1.807) is 11.9 Å². The van der Waals surface area contributed by atoms with Crippen LogP contribution in [0.2, 0.25) is 0 Å². The summed E-state index contributed by atoms with van der Waals surface area (Å²) in [5.41, 5.74) is 5.30. The van der Waals surface area contributed by atoms with E-state index in [4.69, 9.17) is 4.74 Å². The van der Waals surface area contributed by atoms with E-state index in [0.29, 0.717) is 18.7 Å². The van der Waals surface area contributed by atoms with E-state index >= 15 is 0 Å². The highest BCUT2D eigenvalue weighted by molar-refractivity contribution is 5.98. The third kappa shape index (κ3) is 3.68. The fourth-order valence-electron chi connectivity index (χ4n) is 2.85. The van der Waals surface area contributed by atoms with Crippen molar-refractivity contribution in [2.75, 3.05) is 20.2 Å². The van der Waals surface area contributed by atoms with Crippen molar-refractivity contribution in [1.82, 2.24) is 9.88 Å². The van der Waals surface area contributed by atoms with Gasteiger partial charge in [0.05, 0.1) is 6.54 Å². The fraction of sp³-hybridized carbons (Fsp3) is 0.286. The lowest BCUT2D eigenvalue weighted by Gasteiger charge is -2.17. The Labute approximate surface area is 148 Å². The molecule has 0 spiro atoms. The van der Waals surface area contributed by atoms with Crippen molar-refractivity contribution in [3.63, 3.8) is 0 Å². The average molecular weight is 336 g/mol. The van der Waals surface area contributed by atoms with Crippen molar-refractivity contribution in [2.24, 2.45) is 0 Å². The first-order valence-electron chi connectivity index (χ1n) is 8.49. The number of ether oxygens (including phenoxy) is 1. The molecule has 0 radical (unpaired) electrons. The number of rotatable bonds is 5. The number of carbonyl (C=O) groups is 1. The maximum Gasteiger partial charge on any atom is 0.253 e. The van der Waals surface area contributed by atoms with Gasteiger partial charge in [-0.3, -0.25) is 4.79 Å². The number of benzene rings is 2. The maximum atomic E-state index is 12.7. The van der Waals surface area contributed by atoms with Gasteiger partial charge in [0.15, 0.2) is 0 Å². The summed E-state index contributed by atoms with van der Waals surface area (Å²) in [6.07, 6.45) is 0. The van der Waals surface area contributed by atoms with E-state index in [-0.39, 0.29) is 5.91 Å². The largest absolute Gasteiger partial charge is 0.492 e. The lowest BCUT2D eigenvalue weighted by molar-refractivity contribution is 0.0774. The van der Waals surface area contributed by atoms with Gasteiger partial charge in [-0.05, 0) is 56.7 Å². The van der Waals surface area contributed by atoms with Crippen LogP contribution >= 0.6 is 0 Å². The van der Waals surface area contributed by atoms with E-state index in [1.165, 1.54) is 11.1 Å². The van der Waals surface area contributed by atoms with Crippen LogP contribution in [0.15, 0.2) is 42.5 Å². The lowest BCUT2D eigenvalue weighted by atomic mass is 10.1. The molecule has 3 rings (SSSR count). The molecule has 0 aliphatic carbocycles. The van der Waals surface area contributed by atoms with Gasteiger partial charge in [0.25, 0.3) is 5.91 Å². The Balaban J connectivity index is 1.63. The Bertz CT molecular complexity index is 894. The molecule has 4 nitrogen and oxygen atoms in total. The number of aromatic nitrogens is 1. The summed E-state index contributed by atoms with van der Waals surface area (Å²) in [4.78, 5) is 17.7. The third-order valence-corrected chi connectivity index (χ3v) is 4.62. The molecule has 25 heavy (non-hydrogen) atoms. The summed E-state index contributed by atoms with van der Waals surface area (Å²) < 4.78 is 5.71. The molecule has 0 atom stereocenters. The van der Waals surface area contributed by atoms with Crippen LogP contribution < -0.4 is 4.74 Å². The van der Waals surface area contributed by atoms with Crippen LogP contribution in [-0.2, 0) is 0 Å². The highest BCUT2D eigenvalue weighted by Gasteiger charge is 2.14. The predicted octanol–water partition coefficient (Wildman–Crippen LogP) is 4.24. The van der Waals surface area contributed by atoms with Gasteiger partial charge in [0, 0.05) is 29.2 Å². The Morgan fingerprint density at radius 2 is 1.80 bits per heavy atom. The molecule has 3 aromatic rings. The molecule has 2 aromatic carbocycles. The van der Waals surface area contributed by atoms with Crippen molar-refractivity contribution >= 4 is 16.8 Å². The van der Waals surface area contributed by atoms with Crippen LogP contribution in [0.25, 0.3) is 10.9 Å². The highest BCUT2D eigenvalue weighted by atomic mass is 16.5. The zero-order valence-electron chi connectivity index (χ0n) is 15.2. The summed E-state index contributed by atoms with van der Waals surface area (Å²) in [5.74, 6) is 0.832. The first-order chi connectivity index (χ1) is 12.0. The summed E-state index contributed by atoms with van der Waals surface area (Å²) in [6.45, 7) is 7.17. The van der Waals surface area contributed by atoms with E-state index in [2.05, 4.69) is 11.9 Å². The number of aromatic amines is 1. The van der Waals surface area contributed by atoms with E-state index in [9.17, 15) is 4.79 Å². The van der Waals surface area contributed by atoms with Gasteiger partial charge >= 0.3 is 0 Å². The number of nitrogens with one attached hydrogen (secondary N) is 1. The smallest absolute Gasteiger partial charge is 0.253 e. The van der Waals surface area contributed by atoms with Crippen LogP contribution in [-0.4, -0.2) is 36.0 Å². The molecule has 130 valence electrons. The van der Waals surface area contributed by atoms with Crippen LogP contribution in [0, 0.1) is 20.8 Å². The molecule has 1 heterocycles. The van der Waals surface area contributed by atoms with Crippen molar-refractivity contribution < 1.29 is 9.53 Å². The van der Waals surface area contributed by atoms with Crippen LogP contribution in [0.4, 0.5) is 0 Å². The average Bonchev–Trinajstić information content (AvgIpc) is 2.90. The van der Waals surface area contributed by atoms with Crippen LogP contribution in [0.1, 0.15) is 27.2 Å². The molecular formula is C21H24N2O2.